The summed E-state index contributed by atoms with van der Waals surface area (Å²) in [6.45, 7) is 4.15. The van der Waals surface area contributed by atoms with Crippen LogP contribution in [0.1, 0.15) is 16.7 Å². The number of fused-ring (bicyclic) bond motifs is 1. The van der Waals surface area contributed by atoms with E-state index in [0.29, 0.717) is 0 Å². The molecule has 0 radical (unpaired) electrons. The number of anilines is 1. The monoisotopic (exact) mass is 283 g/mol. The number of imidazole rings is 1. The third-order valence-corrected chi connectivity index (χ3v) is 4.43. The summed E-state index contributed by atoms with van der Waals surface area (Å²) in [6.07, 6.45) is 0. The van der Waals surface area contributed by atoms with Crippen molar-refractivity contribution >= 4 is 28.5 Å². The van der Waals surface area contributed by atoms with Gasteiger partial charge in [-0.3, -0.25) is 0 Å². The molecule has 0 saturated heterocycles. The standard InChI is InChI=1S/C16H17N3S/c1-10-7-8-11(2)15(17)12(10)9-20-16-18-13-5-3-4-6-14(13)19-16/h3-8H,9,17H2,1-2H3,(H,18,19). The molecular weight excluding hydrogens is 266 g/mol. The quantitative estimate of drug-likeness (QED) is 0.563. The van der Waals surface area contributed by atoms with Gasteiger partial charge in [0, 0.05) is 11.4 Å². The Morgan fingerprint density at radius 2 is 1.85 bits per heavy atom. The number of H-pyrrole nitrogens is 1. The largest absolute Gasteiger partial charge is 0.398 e. The number of thioether (sulfide) groups is 1. The number of aryl methyl sites for hydroxylation is 2. The summed E-state index contributed by atoms with van der Waals surface area (Å²) in [5.74, 6) is 0.833. The molecule has 0 bridgehead atoms. The molecule has 20 heavy (non-hydrogen) atoms. The van der Waals surface area contributed by atoms with Gasteiger partial charge < -0.3 is 10.7 Å². The number of para-hydroxylation sites is 2. The molecule has 3 rings (SSSR count). The number of hydrogen-bond acceptors (Lipinski definition) is 3. The van der Waals surface area contributed by atoms with E-state index in [0.717, 1.165) is 33.2 Å². The van der Waals surface area contributed by atoms with E-state index in [1.165, 1.54) is 11.1 Å². The van der Waals surface area contributed by atoms with Gasteiger partial charge >= 0.3 is 0 Å². The van der Waals surface area contributed by atoms with E-state index in [9.17, 15) is 0 Å². The molecule has 1 aromatic heterocycles. The molecule has 0 aliphatic heterocycles. The first kappa shape index (κ1) is 13.1. The van der Waals surface area contributed by atoms with Crippen molar-refractivity contribution in [1.82, 2.24) is 9.97 Å². The van der Waals surface area contributed by atoms with E-state index in [1.54, 1.807) is 11.8 Å². The van der Waals surface area contributed by atoms with Gasteiger partial charge in [-0.2, -0.15) is 0 Å². The lowest BCUT2D eigenvalue weighted by Crippen LogP contribution is -1.98. The van der Waals surface area contributed by atoms with Crippen LogP contribution in [0.15, 0.2) is 41.6 Å². The first-order chi connectivity index (χ1) is 9.65. The summed E-state index contributed by atoms with van der Waals surface area (Å²) in [7, 11) is 0. The van der Waals surface area contributed by atoms with Crippen molar-refractivity contribution in [2.45, 2.75) is 24.8 Å². The Morgan fingerprint density at radius 1 is 1.10 bits per heavy atom. The molecule has 3 nitrogen and oxygen atoms in total. The number of rotatable bonds is 3. The van der Waals surface area contributed by atoms with Crippen LogP contribution in [0.2, 0.25) is 0 Å². The molecular formula is C16H17N3S. The molecule has 3 aromatic rings. The SMILES string of the molecule is Cc1ccc(C)c(CSc2nc3ccccc3[nH]2)c1N. The number of hydrogen-bond donors (Lipinski definition) is 2. The Bertz CT molecular complexity index is 729. The maximum atomic E-state index is 6.18. The maximum absolute atomic E-state index is 6.18. The summed E-state index contributed by atoms with van der Waals surface area (Å²) < 4.78 is 0. The van der Waals surface area contributed by atoms with Gasteiger partial charge in [0.05, 0.1) is 11.0 Å². The molecule has 0 amide bonds. The molecule has 1 heterocycles. The van der Waals surface area contributed by atoms with Gasteiger partial charge in [0.15, 0.2) is 5.16 Å². The molecule has 0 saturated carbocycles. The summed E-state index contributed by atoms with van der Waals surface area (Å²) >= 11 is 1.69. The molecule has 2 aromatic carbocycles. The van der Waals surface area contributed by atoms with Gasteiger partial charge in [-0.1, -0.05) is 36.0 Å². The fraction of sp³-hybridized carbons (Fsp3) is 0.188. The Morgan fingerprint density at radius 3 is 2.65 bits per heavy atom. The lowest BCUT2D eigenvalue weighted by atomic mass is 10.0. The van der Waals surface area contributed by atoms with Crippen molar-refractivity contribution in [2.75, 3.05) is 5.73 Å². The van der Waals surface area contributed by atoms with Crippen molar-refractivity contribution in [3.05, 3.63) is 53.1 Å². The average Bonchev–Trinajstić information content (AvgIpc) is 2.86. The second kappa shape index (κ2) is 5.21. The molecule has 4 heteroatoms. The molecule has 102 valence electrons. The zero-order valence-electron chi connectivity index (χ0n) is 11.6. The maximum Gasteiger partial charge on any atom is 0.166 e. The van der Waals surface area contributed by atoms with Gasteiger partial charge in [0.25, 0.3) is 0 Å². The van der Waals surface area contributed by atoms with Gasteiger partial charge in [-0.05, 0) is 42.7 Å². The number of nitrogens with zero attached hydrogens (tertiary/aromatic N) is 1. The molecule has 0 spiro atoms. The third-order valence-electron chi connectivity index (χ3n) is 3.53. The van der Waals surface area contributed by atoms with Crippen LogP contribution in [0.5, 0.6) is 0 Å². The van der Waals surface area contributed by atoms with E-state index in [1.807, 2.05) is 31.2 Å². The number of nitrogens with two attached hydrogens (primary N) is 1. The Balaban J connectivity index is 1.84. The number of nitrogen functional groups attached to an aromatic ring is 1. The minimum Gasteiger partial charge on any atom is -0.398 e. The summed E-state index contributed by atoms with van der Waals surface area (Å²) in [5, 5.41) is 0.937. The summed E-state index contributed by atoms with van der Waals surface area (Å²) in [5.41, 5.74) is 12.7. The van der Waals surface area contributed by atoms with Crippen LogP contribution in [0.3, 0.4) is 0 Å². The van der Waals surface area contributed by atoms with E-state index < -0.39 is 0 Å². The lowest BCUT2D eigenvalue weighted by molar-refractivity contribution is 1.08. The van der Waals surface area contributed by atoms with E-state index >= 15 is 0 Å². The van der Waals surface area contributed by atoms with Crippen molar-refractivity contribution in [1.29, 1.82) is 0 Å². The summed E-state index contributed by atoms with van der Waals surface area (Å²) in [6, 6.07) is 12.3. The second-order valence-electron chi connectivity index (χ2n) is 4.94. The van der Waals surface area contributed by atoms with Crippen molar-refractivity contribution in [3.8, 4) is 0 Å². The Labute approximate surface area is 122 Å². The highest BCUT2D eigenvalue weighted by Crippen LogP contribution is 2.29. The van der Waals surface area contributed by atoms with Crippen molar-refractivity contribution < 1.29 is 0 Å². The van der Waals surface area contributed by atoms with Crippen molar-refractivity contribution in [2.24, 2.45) is 0 Å². The van der Waals surface area contributed by atoms with Gasteiger partial charge in [0.1, 0.15) is 0 Å². The lowest BCUT2D eigenvalue weighted by Gasteiger charge is -2.10. The normalized spacial score (nSPS) is 11.1. The molecule has 0 unspecified atom stereocenters. The highest BCUT2D eigenvalue weighted by molar-refractivity contribution is 7.98. The minimum atomic E-state index is 0.833. The second-order valence-corrected chi connectivity index (χ2v) is 5.90. The fourth-order valence-corrected chi connectivity index (χ4v) is 3.23. The topological polar surface area (TPSA) is 54.7 Å². The fourth-order valence-electron chi connectivity index (χ4n) is 2.22. The van der Waals surface area contributed by atoms with E-state index in [4.69, 9.17) is 5.73 Å². The van der Waals surface area contributed by atoms with Crippen LogP contribution in [-0.2, 0) is 5.75 Å². The number of aromatic nitrogens is 2. The van der Waals surface area contributed by atoms with Crippen LogP contribution >= 0.6 is 11.8 Å². The zero-order valence-corrected chi connectivity index (χ0v) is 12.4. The highest BCUT2D eigenvalue weighted by atomic mass is 32.2. The molecule has 3 N–H and O–H groups in total. The molecule has 0 aliphatic carbocycles. The average molecular weight is 283 g/mol. The number of nitrogens with one attached hydrogen (secondary N) is 1. The first-order valence-corrected chi connectivity index (χ1v) is 7.56. The number of benzene rings is 2. The molecule has 0 fully saturated rings. The van der Waals surface area contributed by atoms with Crippen molar-refractivity contribution in [3.63, 3.8) is 0 Å². The van der Waals surface area contributed by atoms with Crippen LogP contribution in [-0.4, -0.2) is 9.97 Å². The van der Waals surface area contributed by atoms with Gasteiger partial charge in [-0.15, -0.1) is 0 Å². The van der Waals surface area contributed by atoms with E-state index in [2.05, 4.69) is 29.0 Å². The summed E-state index contributed by atoms with van der Waals surface area (Å²) in [4.78, 5) is 7.91. The highest BCUT2D eigenvalue weighted by Gasteiger charge is 2.08. The predicted molar refractivity (Wildman–Crippen MR) is 86.0 cm³/mol. The van der Waals surface area contributed by atoms with Crippen LogP contribution < -0.4 is 5.73 Å². The predicted octanol–water partition coefficient (Wildman–Crippen LogP) is 4.05. The Hall–Kier alpha value is -1.94. The van der Waals surface area contributed by atoms with E-state index in [-0.39, 0.29) is 0 Å². The van der Waals surface area contributed by atoms with Crippen LogP contribution in [0.4, 0.5) is 5.69 Å². The molecule has 0 atom stereocenters. The first-order valence-electron chi connectivity index (χ1n) is 6.57. The zero-order chi connectivity index (χ0) is 14.1. The van der Waals surface area contributed by atoms with Gasteiger partial charge in [-0.25, -0.2) is 4.98 Å². The Kier molecular flexibility index (Phi) is 3.40. The van der Waals surface area contributed by atoms with Gasteiger partial charge in [0.2, 0.25) is 0 Å². The third kappa shape index (κ3) is 2.39. The van der Waals surface area contributed by atoms with Crippen LogP contribution in [0.25, 0.3) is 11.0 Å². The minimum absolute atomic E-state index is 0.833. The van der Waals surface area contributed by atoms with Crippen LogP contribution in [0, 0.1) is 13.8 Å². The number of aromatic amines is 1. The smallest absolute Gasteiger partial charge is 0.166 e. The molecule has 0 aliphatic rings.